The van der Waals surface area contributed by atoms with E-state index in [0.29, 0.717) is 12.5 Å². The van der Waals surface area contributed by atoms with Crippen molar-refractivity contribution >= 4 is 0 Å². The highest BCUT2D eigenvalue weighted by Gasteiger charge is 2.01. The summed E-state index contributed by atoms with van der Waals surface area (Å²) in [4.78, 5) is 0. The second-order valence-electron chi connectivity index (χ2n) is 4.19. The van der Waals surface area contributed by atoms with Crippen LogP contribution in [0, 0.1) is 12.8 Å². The van der Waals surface area contributed by atoms with Crippen molar-refractivity contribution in [2.24, 2.45) is 13.0 Å². The molecule has 15 heavy (non-hydrogen) atoms. The van der Waals surface area contributed by atoms with Crippen LogP contribution in [0.4, 0.5) is 0 Å². The fourth-order valence-corrected chi connectivity index (χ4v) is 1.34. The van der Waals surface area contributed by atoms with Gasteiger partial charge in [-0.1, -0.05) is 13.8 Å². The molecule has 0 spiro atoms. The van der Waals surface area contributed by atoms with Gasteiger partial charge in [0.1, 0.15) is 6.61 Å². The zero-order valence-electron chi connectivity index (χ0n) is 10.1. The molecular formula is C11H21N3O. The Hall–Kier alpha value is -1.03. The van der Waals surface area contributed by atoms with Crippen molar-refractivity contribution in [3.8, 4) is 5.88 Å². The van der Waals surface area contributed by atoms with Gasteiger partial charge in [-0.2, -0.15) is 5.10 Å². The summed E-state index contributed by atoms with van der Waals surface area (Å²) in [6, 6.07) is 1.95. The minimum absolute atomic E-state index is 0.684. The summed E-state index contributed by atoms with van der Waals surface area (Å²) in [6.07, 6.45) is 0. The van der Waals surface area contributed by atoms with Crippen LogP contribution < -0.4 is 10.1 Å². The van der Waals surface area contributed by atoms with Crippen molar-refractivity contribution in [1.29, 1.82) is 0 Å². The van der Waals surface area contributed by atoms with Crippen LogP contribution in [-0.4, -0.2) is 29.5 Å². The highest BCUT2D eigenvalue weighted by molar-refractivity contribution is 5.14. The van der Waals surface area contributed by atoms with Gasteiger partial charge >= 0.3 is 0 Å². The highest BCUT2D eigenvalue weighted by atomic mass is 16.5. The lowest BCUT2D eigenvalue weighted by atomic mass is 10.2. The fourth-order valence-electron chi connectivity index (χ4n) is 1.34. The van der Waals surface area contributed by atoms with Crippen molar-refractivity contribution in [3.63, 3.8) is 0 Å². The fraction of sp³-hybridized carbons (Fsp3) is 0.727. The molecule has 0 bridgehead atoms. The molecule has 86 valence electrons. The molecule has 1 N–H and O–H groups in total. The second kappa shape index (κ2) is 5.75. The van der Waals surface area contributed by atoms with E-state index in [9.17, 15) is 0 Å². The van der Waals surface area contributed by atoms with Crippen LogP contribution in [0.3, 0.4) is 0 Å². The van der Waals surface area contributed by atoms with Gasteiger partial charge in [0.15, 0.2) is 0 Å². The summed E-state index contributed by atoms with van der Waals surface area (Å²) >= 11 is 0. The van der Waals surface area contributed by atoms with Crippen molar-refractivity contribution in [2.75, 3.05) is 19.7 Å². The minimum Gasteiger partial charge on any atom is -0.476 e. The SMILES string of the molecule is Cc1cc(OCCNCC(C)C)n(C)n1. The molecule has 0 aliphatic heterocycles. The summed E-state index contributed by atoms with van der Waals surface area (Å²) in [5, 5.41) is 7.54. The van der Waals surface area contributed by atoms with Gasteiger partial charge in [0, 0.05) is 19.7 Å². The number of rotatable bonds is 6. The van der Waals surface area contributed by atoms with Crippen LogP contribution in [0.1, 0.15) is 19.5 Å². The Labute approximate surface area is 91.6 Å². The number of ether oxygens (including phenoxy) is 1. The van der Waals surface area contributed by atoms with Crippen molar-refractivity contribution in [2.45, 2.75) is 20.8 Å². The van der Waals surface area contributed by atoms with Gasteiger partial charge in [-0.3, -0.25) is 0 Å². The van der Waals surface area contributed by atoms with Crippen LogP contribution in [0.15, 0.2) is 6.07 Å². The van der Waals surface area contributed by atoms with E-state index in [2.05, 4.69) is 24.3 Å². The van der Waals surface area contributed by atoms with E-state index in [0.717, 1.165) is 24.7 Å². The van der Waals surface area contributed by atoms with Gasteiger partial charge in [0.2, 0.25) is 5.88 Å². The average Bonchev–Trinajstić information content (AvgIpc) is 2.44. The van der Waals surface area contributed by atoms with Crippen LogP contribution >= 0.6 is 0 Å². The number of aromatic nitrogens is 2. The number of aryl methyl sites for hydroxylation is 2. The zero-order valence-corrected chi connectivity index (χ0v) is 10.1. The zero-order chi connectivity index (χ0) is 11.3. The van der Waals surface area contributed by atoms with Crippen molar-refractivity contribution in [3.05, 3.63) is 11.8 Å². The Bertz CT molecular complexity index is 294. The van der Waals surface area contributed by atoms with Crippen LogP contribution in [0.2, 0.25) is 0 Å². The average molecular weight is 211 g/mol. The van der Waals surface area contributed by atoms with Gasteiger partial charge in [-0.15, -0.1) is 0 Å². The van der Waals surface area contributed by atoms with Gasteiger partial charge in [-0.05, 0) is 19.4 Å². The first-order valence-electron chi connectivity index (χ1n) is 5.43. The molecular weight excluding hydrogens is 190 g/mol. The predicted octanol–water partition coefficient (Wildman–Crippen LogP) is 1.35. The molecule has 4 heteroatoms. The third-order valence-electron chi connectivity index (χ3n) is 2.04. The quantitative estimate of drug-likeness (QED) is 0.722. The first kappa shape index (κ1) is 12.0. The van der Waals surface area contributed by atoms with E-state index >= 15 is 0 Å². The van der Waals surface area contributed by atoms with Crippen LogP contribution in [-0.2, 0) is 7.05 Å². The third kappa shape index (κ3) is 4.34. The van der Waals surface area contributed by atoms with E-state index in [4.69, 9.17) is 4.74 Å². The Morgan fingerprint density at radius 3 is 2.80 bits per heavy atom. The molecule has 0 atom stereocenters. The molecule has 0 fully saturated rings. The smallest absolute Gasteiger partial charge is 0.211 e. The molecule has 4 nitrogen and oxygen atoms in total. The minimum atomic E-state index is 0.684. The Balaban J connectivity index is 2.17. The van der Waals surface area contributed by atoms with Crippen LogP contribution in [0.5, 0.6) is 5.88 Å². The number of hydrogen-bond donors (Lipinski definition) is 1. The summed E-state index contributed by atoms with van der Waals surface area (Å²) in [7, 11) is 1.89. The number of hydrogen-bond acceptors (Lipinski definition) is 3. The predicted molar refractivity (Wildman–Crippen MR) is 61.1 cm³/mol. The van der Waals surface area contributed by atoms with E-state index in [1.165, 1.54) is 0 Å². The molecule has 0 radical (unpaired) electrons. The van der Waals surface area contributed by atoms with Gasteiger partial charge < -0.3 is 10.1 Å². The maximum Gasteiger partial charge on any atom is 0.211 e. The largest absolute Gasteiger partial charge is 0.476 e. The Morgan fingerprint density at radius 2 is 2.27 bits per heavy atom. The monoisotopic (exact) mass is 211 g/mol. The third-order valence-corrected chi connectivity index (χ3v) is 2.04. The summed E-state index contributed by atoms with van der Waals surface area (Å²) in [5.41, 5.74) is 0.989. The molecule has 1 heterocycles. The van der Waals surface area contributed by atoms with E-state index < -0.39 is 0 Å². The van der Waals surface area contributed by atoms with Gasteiger partial charge in [0.05, 0.1) is 5.69 Å². The molecule has 1 aromatic heterocycles. The first-order valence-corrected chi connectivity index (χ1v) is 5.43. The molecule has 0 aliphatic rings. The molecule has 0 aromatic carbocycles. The molecule has 0 saturated carbocycles. The lowest BCUT2D eigenvalue weighted by Gasteiger charge is -2.08. The normalized spacial score (nSPS) is 11.0. The van der Waals surface area contributed by atoms with E-state index in [1.54, 1.807) is 4.68 Å². The molecule has 1 aromatic rings. The molecule has 0 aliphatic carbocycles. The number of nitrogens with zero attached hydrogens (tertiary/aromatic N) is 2. The first-order chi connectivity index (χ1) is 7.09. The Kier molecular flexibility index (Phi) is 4.62. The van der Waals surface area contributed by atoms with E-state index in [-0.39, 0.29) is 0 Å². The second-order valence-corrected chi connectivity index (χ2v) is 4.19. The lowest BCUT2D eigenvalue weighted by molar-refractivity contribution is 0.286. The van der Waals surface area contributed by atoms with Crippen LogP contribution in [0.25, 0.3) is 0 Å². The summed E-state index contributed by atoms with van der Waals surface area (Å²) < 4.78 is 7.34. The maximum atomic E-state index is 5.58. The molecule has 0 amide bonds. The maximum absolute atomic E-state index is 5.58. The summed E-state index contributed by atoms with van der Waals surface area (Å²) in [6.45, 7) is 8.95. The van der Waals surface area contributed by atoms with Crippen molar-refractivity contribution < 1.29 is 4.74 Å². The van der Waals surface area contributed by atoms with Crippen molar-refractivity contribution in [1.82, 2.24) is 15.1 Å². The molecule has 0 saturated heterocycles. The topological polar surface area (TPSA) is 39.1 Å². The molecule has 1 rings (SSSR count). The lowest BCUT2D eigenvalue weighted by Crippen LogP contribution is -2.25. The Morgan fingerprint density at radius 1 is 1.53 bits per heavy atom. The number of nitrogens with one attached hydrogen (secondary N) is 1. The standard InChI is InChI=1S/C11H21N3O/c1-9(2)8-12-5-6-15-11-7-10(3)13-14(11)4/h7,9,12H,5-6,8H2,1-4H3. The van der Waals surface area contributed by atoms with Gasteiger partial charge in [0.25, 0.3) is 0 Å². The highest BCUT2D eigenvalue weighted by Crippen LogP contribution is 2.10. The van der Waals surface area contributed by atoms with E-state index in [1.807, 2.05) is 20.0 Å². The summed E-state index contributed by atoms with van der Waals surface area (Å²) in [5.74, 6) is 1.52. The van der Waals surface area contributed by atoms with Gasteiger partial charge in [-0.25, -0.2) is 4.68 Å². The molecule has 0 unspecified atom stereocenters.